The summed E-state index contributed by atoms with van der Waals surface area (Å²) in [5.74, 6) is 0. The first-order valence-electron chi connectivity index (χ1n) is 4.00. The van der Waals surface area contributed by atoms with Gasteiger partial charge in [-0.1, -0.05) is 24.3 Å². The first kappa shape index (κ1) is 7.86. The van der Waals surface area contributed by atoms with Crippen molar-refractivity contribution in [1.82, 2.24) is 0 Å². The van der Waals surface area contributed by atoms with Gasteiger partial charge in [0, 0.05) is 5.56 Å². The van der Waals surface area contributed by atoms with Gasteiger partial charge in [-0.25, -0.2) is 4.79 Å². The van der Waals surface area contributed by atoms with E-state index >= 15 is 0 Å². The highest BCUT2D eigenvalue weighted by molar-refractivity contribution is 6.44. The molecule has 1 aliphatic heterocycles. The van der Waals surface area contributed by atoms with Gasteiger partial charge in [-0.15, -0.1) is 0 Å². The lowest BCUT2D eigenvalue weighted by Crippen LogP contribution is -2.01. The predicted molar refractivity (Wildman–Crippen MR) is 51.6 cm³/mol. The highest BCUT2D eigenvalue weighted by atomic mass is 16.2. The molecule has 13 heavy (non-hydrogen) atoms. The molecule has 1 aliphatic rings. The van der Waals surface area contributed by atoms with E-state index in [1.54, 1.807) is 0 Å². The zero-order chi connectivity index (χ0) is 9.26. The summed E-state index contributed by atoms with van der Waals surface area (Å²) in [6.45, 7) is 1.98. The Balaban J connectivity index is 2.48. The number of aryl methyl sites for hydroxylation is 1. The van der Waals surface area contributed by atoms with E-state index in [9.17, 15) is 4.79 Å². The highest BCUT2D eigenvalue weighted by Crippen LogP contribution is 2.10. The third kappa shape index (κ3) is 1.40. The molecule has 0 aliphatic carbocycles. The third-order valence-corrected chi connectivity index (χ3v) is 1.93. The molecule has 2 amide bonds. The zero-order valence-electron chi connectivity index (χ0n) is 7.19. The molecular formula is C10H8N2O. The van der Waals surface area contributed by atoms with Crippen LogP contribution in [0.5, 0.6) is 0 Å². The second-order valence-electron chi connectivity index (χ2n) is 2.85. The number of nitrogens with zero attached hydrogens (tertiary/aromatic N) is 2. The van der Waals surface area contributed by atoms with Crippen LogP contribution in [0, 0.1) is 6.92 Å². The molecule has 3 nitrogen and oxygen atoms in total. The summed E-state index contributed by atoms with van der Waals surface area (Å²) in [6.07, 6.45) is 1.50. The van der Waals surface area contributed by atoms with Crippen LogP contribution < -0.4 is 0 Å². The second kappa shape index (κ2) is 2.94. The number of carbonyl (C=O) groups is 1. The molecule has 0 bridgehead atoms. The van der Waals surface area contributed by atoms with Crippen LogP contribution in [0.1, 0.15) is 11.1 Å². The van der Waals surface area contributed by atoms with Crippen LogP contribution in [0.3, 0.4) is 0 Å². The van der Waals surface area contributed by atoms with Gasteiger partial charge in [-0.05, 0) is 12.5 Å². The van der Waals surface area contributed by atoms with Crippen molar-refractivity contribution in [2.45, 2.75) is 6.92 Å². The zero-order valence-corrected chi connectivity index (χ0v) is 7.19. The molecule has 0 aromatic heterocycles. The van der Waals surface area contributed by atoms with E-state index in [0.29, 0.717) is 5.71 Å². The Hall–Kier alpha value is -1.77. The lowest BCUT2D eigenvalue weighted by atomic mass is 10.1. The Labute approximate surface area is 75.8 Å². The van der Waals surface area contributed by atoms with Gasteiger partial charge >= 0.3 is 6.03 Å². The first-order chi connectivity index (χ1) is 6.27. The molecule has 0 radical (unpaired) electrons. The molecule has 0 fully saturated rings. The van der Waals surface area contributed by atoms with Gasteiger partial charge in [0.15, 0.2) is 0 Å². The molecule has 1 heterocycles. The summed E-state index contributed by atoms with van der Waals surface area (Å²) in [6, 6.07) is 7.36. The summed E-state index contributed by atoms with van der Waals surface area (Å²) < 4.78 is 0. The molecular weight excluding hydrogens is 164 g/mol. The molecule has 64 valence electrons. The van der Waals surface area contributed by atoms with Crippen LogP contribution in [-0.4, -0.2) is 18.0 Å². The standard InChI is InChI=1S/C10H8N2O/c1-7-4-2-3-5-8(7)9-6-11-10(13)12-9/h2-6H,1H3. The van der Waals surface area contributed by atoms with E-state index in [4.69, 9.17) is 0 Å². The van der Waals surface area contributed by atoms with E-state index in [0.717, 1.165) is 11.1 Å². The Morgan fingerprint density at radius 1 is 1.23 bits per heavy atom. The van der Waals surface area contributed by atoms with E-state index in [1.165, 1.54) is 6.21 Å². The Kier molecular flexibility index (Phi) is 1.77. The Morgan fingerprint density at radius 3 is 2.62 bits per heavy atom. The van der Waals surface area contributed by atoms with Gasteiger partial charge in [-0.3, -0.25) is 0 Å². The molecule has 2 rings (SSSR count). The molecule has 0 spiro atoms. The molecule has 0 unspecified atom stereocenters. The lowest BCUT2D eigenvalue weighted by Gasteiger charge is -2.00. The molecule has 0 atom stereocenters. The van der Waals surface area contributed by atoms with Gasteiger partial charge in [0.25, 0.3) is 0 Å². The van der Waals surface area contributed by atoms with Gasteiger partial charge in [-0.2, -0.15) is 9.98 Å². The first-order valence-corrected chi connectivity index (χ1v) is 4.00. The molecule has 0 saturated heterocycles. The fourth-order valence-electron chi connectivity index (χ4n) is 1.27. The van der Waals surface area contributed by atoms with Gasteiger partial charge < -0.3 is 0 Å². The third-order valence-electron chi connectivity index (χ3n) is 1.93. The SMILES string of the molecule is Cc1ccccc1C1=NC(=O)N=C1. The maximum Gasteiger partial charge on any atom is 0.367 e. The number of aliphatic imine (C=N–C) groups is 2. The largest absolute Gasteiger partial charge is 0.367 e. The minimum absolute atomic E-state index is 0.418. The van der Waals surface area contributed by atoms with Crippen LogP contribution in [0.2, 0.25) is 0 Å². The number of hydrogen-bond donors (Lipinski definition) is 0. The van der Waals surface area contributed by atoms with Crippen molar-refractivity contribution in [1.29, 1.82) is 0 Å². The van der Waals surface area contributed by atoms with Crippen molar-refractivity contribution >= 4 is 18.0 Å². The average Bonchev–Trinajstić information content (AvgIpc) is 2.53. The maximum absolute atomic E-state index is 10.8. The summed E-state index contributed by atoms with van der Waals surface area (Å²) in [5.41, 5.74) is 2.72. The van der Waals surface area contributed by atoms with Gasteiger partial charge in [0.1, 0.15) is 0 Å². The van der Waals surface area contributed by atoms with Crippen molar-refractivity contribution in [3.05, 3.63) is 35.4 Å². The highest BCUT2D eigenvalue weighted by Gasteiger charge is 2.11. The smallest absolute Gasteiger partial charge is 0.244 e. The van der Waals surface area contributed by atoms with E-state index in [2.05, 4.69) is 9.98 Å². The van der Waals surface area contributed by atoms with Crippen LogP contribution in [-0.2, 0) is 0 Å². The van der Waals surface area contributed by atoms with Crippen molar-refractivity contribution in [2.24, 2.45) is 9.98 Å². The molecule has 1 aromatic rings. The van der Waals surface area contributed by atoms with Crippen LogP contribution in [0.4, 0.5) is 4.79 Å². The molecule has 0 saturated carbocycles. The maximum atomic E-state index is 10.8. The predicted octanol–water partition coefficient (Wildman–Crippen LogP) is 1.99. The summed E-state index contributed by atoms with van der Waals surface area (Å²) in [7, 11) is 0. The monoisotopic (exact) mass is 172 g/mol. The Bertz CT molecular complexity index is 419. The van der Waals surface area contributed by atoms with E-state index in [1.807, 2.05) is 31.2 Å². The Morgan fingerprint density at radius 2 is 2.00 bits per heavy atom. The van der Waals surface area contributed by atoms with Gasteiger partial charge in [0.05, 0.1) is 11.9 Å². The fourth-order valence-corrected chi connectivity index (χ4v) is 1.27. The molecule has 0 N–H and O–H groups in total. The molecule has 1 aromatic carbocycles. The normalized spacial score (nSPS) is 14.8. The van der Waals surface area contributed by atoms with Crippen molar-refractivity contribution in [3.63, 3.8) is 0 Å². The van der Waals surface area contributed by atoms with Crippen LogP contribution >= 0.6 is 0 Å². The van der Waals surface area contributed by atoms with E-state index < -0.39 is 6.03 Å². The number of benzene rings is 1. The van der Waals surface area contributed by atoms with Gasteiger partial charge in [0.2, 0.25) is 0 Å². The summed E-state index contributed by atoms with van der Waals surface area (Å²) >= 11 is 0. The van der Waals surface area contributed by atoms with Crippen molar-refractivity contribution < 1.29 is 4.79 Å². The fraction of sp³-hybridized carbons (Fsp3) is 0.100. The van der Waals surface area contributed by atoms with Crippen LogP contribution in [0.15, 0.2) is 34.3 Å². The number of urea groups is 1. The minimum Gasteiger partial charge on any atom is -0.244 e. The second-order valence-corrected chi connectivity index (χ2v) is 2.85. The number of hydrogen-bond acceptors (Lipinski definition) is 1. The number of carbonyl (C=O) groups excluding carboxylic acids is 1. The number of rotatable bonds is 1. The lowest BCUT2D eigenvalue weighted by molar-refractivity contribution is 0.257. The quantitative estimate of drug-likeness (QED) is 0.638. The topological polar surface area (TPSA) is 41.8 Å². The van der Waals surface area contributed by atoms with E-state index in [-0.39, 0.29) is 0 Å². The summed E-state index contributed by atoms with van der Waals surface area (Å²) in [5, 5.41) is 0. The number of amides is 2. The average molecular weight is 172 g/mol. The molecule has 3 heteroatoms. The minimum atomic E-state index is -0.418. The van der Waals surface area contributed by atoms with Crippen LogP contribution in [0.25, 0.3) is 0 Å². The van der Waals surface area contributed by atoms with Crippen molar-refractivity contribution in [3.8, 4) is 0 Å². The van der Waals surface area contributed by atoms with Crippen molar-refractivity contribution in [2.75, 3.05) is 0 Å². The summed E-state index contributed by atoms with van der Waals surface area (Å²) in [4.78, 5) is 18.1.